The summed E-state index contributed by atoms with van der Waals surface area (Å²) in [5.74, 6) is -0.957. The molecule has 0 aromatic heterocycles. The van der Waals surface area contributed by atoms with E-state index in [2.05, 4.69) is 4.74 Å². The van der Waals surface area contributed by atoms with Crippen molar-refractivity contribution in [2.45, 2.75) is 18.7 Å². The highest BCUT2D eigenvalue weighted by Gasteiger charge is 2.28. The van der Waals surface area contributed by atoms with Gasteiger partial charge in [-0.1, -0.05) is 25.1 Å². The van der Waals surface area contributed by atoms with Crippen molar-refractivity contribution in [3.8, 4) is 0 Å². The number of hydrogen-bond acceptors (Lipinski definition) is 7. The minimum atomic E-state index is -4.01. The number of para-hydroxylation sites is 1. The third kappa shape index (κ3) is 4.88. The van der Waals surface area contributed by atoms with E-state index in [1.807, 2.05) is 0 Å². The van der Waals surface area contributed by atoms with Gasteiger partial charge in [-0.25, -0.2) is 8.42 Å². The Balaban J connectivity index is 2.45. The molecule has 0 N–H and O–H groups in total. The van der Waals surface area contributed by atoms with Gasteiger partial charge in [-0.3, -0.25) is 19.2 Å². The molecule has 0 fully saturated rings. The lowest BCUT2D eigenvalue weighted by atomic mass is 10.1. The average molecular weight is 436 g/mol. The number of rotatable bonds is 9. The summed E-state index contributed by atoms with van der Waals surface area (Å²) >= 11 is 0. The minimum absolute atomic E-state index is 0.165. The van der Waals surface area contributed by atoms with Gasteiger partial charge in [-0.05, 0) is 31.2 Å². The van der Waals surface area contributed by atoms with Crippen LogP contribution in [0.1, 0.15) is 13.8 Å². The van der Waals surface area contributed by atoms with Crippen molar-refractivity contribution < 1.29 is 22.9 Å². The molecular weight excluding hydrogens is 410 g/mol. The topological polar surface area (TPSA) is 110 Å². The Morgan fingerprint density at radius 3 is 2.37 bits per heavy atom. The molecule has 30 heavy (non-hydrogen) atoms. The Labute approximate surface area is 176 Å². The number of nitro groups is 1. The molecule has 2 aromatic carbocycles. The number of nitro benzene ring substituents is 1. The van der Waals surface area contributed by atoms with Crippen molar-refractivity contribution in [2.24, 2.45) is 5.92 Å². The van der Waals surface area contributed by atoms with E-state index in [1.54, 1.807) is 51.2 Å². The van der Waals surface area contributed by atoms with Crippen LogP contribution in [0.4, 0.5) is 17.1 Å². The maximum Gasteiger partial charge on any atom is 0.310 e. The van der Waals surface area contributed by atoms with Crippen LogP contribution in [0.3, 0.4) is 0 Å². The van der Waals surface area contributed by atoms with Crippen molar-refractivity contribution in [2.75, 3.05) is 36.5 Å². The van der Waals surface area contributed by atoms with Crippen molar-refractivity contribution in [3.05, 3.63) is 58.6 Å². The molecule has 0 unspecified atom stereocenters. The normalized spacial score (nSPS) is 12.1. The Hall–Kier alpha value is -3.14. The molecule has 0 saturated heterocycles. The third-order valence-corrected chi connectivity index (χ3v) is 6.52. The second kappa shape index (κ2) is 9.57. The summed E-state index contributed by atoms with van der Waals surface area (Å²) in [5, 5.41) is 11.7. The molecule has 0 radical (unpaired) electrons. The molecule has 2 rings (SSSR count). The summed E-state index contributed by atoms with van der Waals surface area (Å²) < 4.78 is 32.2. The van der Waals surface area contributed by atoms with Crippen LogP contribution in [0.15, 0.2) is 53.4 Å². The molecule has 9 nitrogen and oxygen atoms in total. The van der Waals surface area contributed by atoms with Gasteiger partial charge in [-0.2, -0.15) is 0 Å². The maximum atomic E-state index is 13.2. The predicted octanol–water partition coefficient (Wildman–Crippen LogP) is 3.06. The summed E-state index contributed by atoms with van der Waals surface area (Å²) in [5.41, 5.74) is 0.313. The first-order valence-corrected chi connectivity index (χ1v) is 10.7. The van der Waals surface area contributed by atoms with Crippen LogP contribution in [0.25, 0.3) is 0 Å². The van der Waals surface area contributed by atoms with Gasteiger partial charge in [-0.15, -0.1) is 0 Å². The molecule has 0 spiro atoms. The Bertz CT molecular complexity index is 1010. The number of anilines is 2. The van der Waals surface area contributed by atoms with E-state index in [0.717, 1.165) is 6.07 Å². The van der Waals surface area contributed by atoms with Gasteiger partial charge in [0, 0.05) is 26.2 Å². The highest BCUT2D eigenvalue weighted by molar-refractivity contribution is 7.92. The lowest BCUT2D eigenvalue weighted by molar-refractivity contribution is -0.384. The van der Waals surface area contributed by atoms with Crippen molar-refractivity contribution in [3.63, 3.8) is 0 Å². The van der Waals surface area contributed by atoms with E-state index in [4.69, 9.17) is 0 Å². The first-order valence-electron chi connectivity index (χ1n) is 9.28. The highest BCUT2D eigenvalue weighted by Crippen LogP contribution is 2.33. The van der Waals surface area contributed by atoms with E-state index < -0.39 is 26.8 Å². The van der Waals surface area contributed by atoms with Crippen LogP contribution in [-0.4, -0.2) is 46.6 Å². The zero-order valence-corrected chi connectivity index (χ0v) is 18.1. The lowest BCUT2D eigenvalue weighted by Crippen LogP contribution is -2.31. The zero-order valence-electron chi connectivity index (χ0n) is 17.3. The van der Waals surface area contributed by atoms with E-state index >= 15 is 0 Å². The fourth-order valence-electron chi connectivity index (χ4n) is 3.13. The molecule has 10 heteroatoms. The first-order chi connectivity index (χ1) is 14.1. The minimum Gasteiger partial charge on any atom is -0.469 e. The standard InChI is InChI=1S/C20H25N3O6S/c1-5-22(16-9-7-6-8-10-16)30(27,28)17-11-12-18(19(13-17)23(25)26)21(3)14-15(2)20(24)29-4/h6-13,15H,5,14H2,1-4H3/t15-/m0/s1. The fourth-order valence-corrected chi connectivity index (χ4v) is 4.62. The summed E-state index contributed by atoms with van der Waals surface area (Å²) in [4.78, 5) is 24.0. The molecule has 0 saturated carbocycles. The number of nitrogens with zero attached hydrogens (tertiary/aromatic N) is 3. The van der Waals surface area contributed by atoms with Crippen molar-refractivity contribution >= 4 is 33.1 Å². The molecule has 2 aromatic rings. The monoisotopic (exact) mass is 435 g/mol. The van der Waals surface area contributed by atoms with Gasteiger partial charge in [0.05, 0.1) is 28.5 Å². The van der Waals surface area contributed by atoms with Gasteiger partial charge >= 0.3 is 5.97 Å². The third-order valence-electron chi connectivity index (χ3n) is 4.63. The summed E-state index contributed by atoms with van der Waals surface area (Å²) in [7, 11) is -1.14. The molecule has 0 heterocycles. The fraction of sp³-hybridized carbons (Fsp3) is 0.350. The molecule has 0 amide bonds. The largest absolute Gasteiger partial charge is 0.469 e. The van der Waals surface area contributed by atoms with Crippen LogP contribution in [0.5, 0.6) is 0 Å². The number of benzene rings is 2. The van der Waals surface area contributed by atoms with Crippen molar-refractivity contribution in [1.82, 2.24) is 0 Å². The van der Waals surface area contributed by atoms with E-state index in [-0.39, 0.29) is 29.4 Å². The summed E-state index contributed by atoms with van der Waals surface area (Å²) in [6.07, 6.45) is 0. The Morgan fingerprint density at radius 1 is 1.20 bits per heavy atom. The van der Waals surface area contributed by atoms with Gasteiger partial charge in [0.15, 0.2) is 0 Å². The number of sulfonamides is 1. The van der Waals surface area contributed by atoms with Gasteiger partial charge in [0.2, 0.25) is 0 Å². The second-order valence-corrected chi connectivity index (χ2v) is 8.58. The molecule has 0 bridgehead atoms. The van der Waals surface area contributed by atoms with Crippen molar-refractivity contribution in [1.29, 1.82) is 0 Å². The van der Waals surface area contributed by atoms with E-state index in [9.17, 15) is 23.3 Å². The number of carbonyl (C=O) groups is 1. The SMILES string of the molecule is CCN(c1ccccc1)S(=O)(=O)c1ccc(N(C)C[C@H](C)C(=O)OC)c([N+](=O)[O-])c1. The summed E-state index contributed by atoms with van der Waals surface area (Å²) in [6, 6.07) is 12.3. The first kappa shape index (κ1) is 23.1. The number of ether oxygens (including phenoxy) is 1. The van der Waals surface area contributed by atoms with E-state index in [0.29, 0.717) is 5.69 Å². The quantitative estimate of drug-likeness (QED) is 0.338. The number of carbonyl (C=O) groups excluding carboxylic acids is 1. The van der Waals surface area contributed by atoms with E-state index in [1.165, 1.54) is 28.4 Å². The molecule has 0 aliphatic carbocycles. The zero-order chi connectivity index (χ0) is 22.5. The summed E-state index contributed by atoms with van der Waals surface area (Å²) in [6.45, 7) is 3.67. The molecule has 1 atom stereocenters. The van der Waals surface area contributed by atoms with Gasteiger partial charge in [0.1, 0.15) is 5.69 Å². The smallest absolute Gasteiger partial charge is 0.310 e. The van der Waals surface area contributed by atoms with Crippen LogP contribution >= 0.6 is 0 Å². The molecule has 162 valence electrons. The number of methoxy groups -OCH3 is 1. The number of esters is 1. The highest BCUT2D eigenvalue weighted by atomic mass is 32.2. The van der Waals surface area contributed by atoms with Crippen LogP contribution in [-0.2, 0) is 19.6 Å². The number of hydrogen-bond donors (Lipinski definition) is 0. The maximum absolute atomic E-state index is 13.2. The predicted molar refractivity (Wildman–Crippen MR) is 114 cm³/mol. The van der Waals surface area contributed by atoms with Crippen LogP contribution < -0.4 is 9.21 Å². The lowest BCUT2D eigenvalue weighted by Gasteiger charge is -2.24. The Kier molecular flexibility index (Phi) is 7.38. The van der Waals surface area contributed by atoms with Gasteiger partial charge < -0.3 is 9.64 Å². The molecule has 0 aliphatic heterocycles. The average Bonchev–Trinajstić information content (AvgIpc) is 2.73. The Morgan fingerprint density at radius 2 is 1.83 bits per heavy atom. The van der Waals surface area contributed by atoms with Crippen LogP contribution in [0.2, 0.25) is 0 Å². The van der Waals surface area contributed by atoms with Crippen LogP contribution in [0, 0.1) is 16.0 Å². The molecule has 0 aliphatic rings. The second-order valence-electron chi connectivity index (χ2n) is 6.72. The molecular formula is C20H25N3O6S. The van der Waals surface area contributed by atoms with Gasteiger partial charge in [0.25, 0.3) is 15.7 Å².